The number of aromatic nitrogens is 2. The molecule has 1 heterocycles. The van der Waals surface area contributed by atoms with Gasteiger partial charge in [-0.2, -0.15) is 0 Å². The van der Waals surface area contributed by atoms with Crippen molar-refractivity contribution in [3.8, 4) is 0 Å². The number of imidazole rings is 1. The molecule has 0 spiro atoms. The van der Waals surface area contributed by atoms with Crippen molar-refractivity contribution in [1.29, 1.82) is 0 Å². The van der Waals surface area contributed by atoms with E-state index in [9.17, 15) is 13.0 Å². The van der Waals surface area contributed by atoms with Gasteiger partial charge in [-0.3, -0.25) is 0 Å². The topological polar surface area (TPSA) is 75.0 Å². The van der Waals surface area contributed by atoms with Crippen molar-refractivity contribution in [2.45, 2.75) is 11.7 Å². The molecule has 7 heteroatoms. The van der Waals surface area contributed by atoms with E-state index >= 15 is 0 Å². The molecule has 0 unspecified atom stereocenters. The number of halogens is 1. The molecule has 108 valence electrons. The fourth-order valence-corrected chi connectivity index (χ4v) is 3.03. The first-order chi connectivity index (χ1) is 9.97. The Morgan fingerprint density at radius 3 is 2.48 bits per heavy atom. The molecule has 0 fully saturated rings. The molecule has 0 bridgehead atoms. The van der Waals surface area contributed by atoms with Gasteiger partial charge in [-0.25, -0.2) is 13.4 Å². The number of para-hydroxylation sites is 2. The van der Waals surface area contributed by atoms with Crippen molar-refractivity contribution in [2.24, 2.45) is 0 Å². The highest BCUT2D eigenvalue weighted by Crippen LogP contribution is 2.23. The molecule has 0 aliphatic carbocycles. The molecule has 1 aromatic heterocycles. The predicted molar refractivity (Wildman–Crippen MR) is 78.3 cm³/mol. The van der Waals surface area contributed by atoms with E-state index in [4.69, 9.17) is 11.6 Å². The average Bonchev–Trinajstić information content (AvgIpc) is 2.80. The van der Waals surface area contributed by atoms with Crippen LogP contribution in [0.1, 0.15) is 5.56 Å². The lowest BCUT2D eigenvalue weighted by Crippen LogP contribution is -2.11. The summed E-state index contributed by atoms with van der Waals surface area (Å²) in [6.07, 6.45) is 0. The van der Waals surface area contributed by atoms with Crippen LogP contribution < -0.4 is 0 Å². The minimum atomic E-state index is -4.67. The van der Waals surface area contributed by atoms with Crippen LogP contribution in [0.3, 0.4) is 0 Å². The second-order valence-electron chi connectivity index (χ2n) is 4.51. The fraction of sp³-hybridized carbons (Fsp3) is 0.0714. The standard InChI is InChI=1S/C14H11ClN2O3S/c15-11-6-2-1-5-10(11)9-17-13-8-4-3-7-12(13)16-14(17)21(18,19)20/h1-8H,9H2,(H,18,19,20)/p-1. The van der Waals surface area contributed by atoms with Gasteiger partial charge in [-0.1, -0.05) is 41.9 Å². The van der Waals surface area contributed by atoms with Crippen molar-refractivity contribution >= 4 is 32.8 Å². The Balaban J connectivity index is 2.23. The maximum absolute atomic E-state index is 11.4. The van der Waals surface area contributed by atoms with Gasteiger partial charge in [0.25, 0.3) is 0 Å². The van der Waals surface area contributed by atoms with Crippen LogP contribution in [0.5, 0.6) is 0 Å². The van der Waals surface area contributed by atoms with Gasteiger partial charge >= 0.3 is 0 Å². The summed E-state index contributed by atoms with van der Waals surface area (Å²) in [4.78, 5) is 3.93. The highest BCUT2D eigenvalue weighted by molar-refractivity contribution is 7.85. The van der Waals surface area contributed by atoms with Crippen LogP contribution in [0.2, 0.25) is 5.02 Å². The number of rotatable bonds is 3. The lowest BCUT2D eigenvalue weighted by molar-refractivity contribution is 0.448. The van der Waals surface area contributed by atoms with Crippen LogP contribution in [0.25, 0.3) is 11.0 Å². The van der Waals surface area contributed by atoms with Gasteiger partial charge in [-0.05, 0) is 23.8 Å². The molecule has 2 aromatic carbocycles. The summed E-state index contributed by atoms with van der Waals surface area (Å²) in [6, 6.07) is 13.9. The largest absolute Gasteiger partial charge is 0.742 e. The third kappa shape index (κ3) is 2.65. The molecule has 0 saturated carbocycles. The van der Waals surface area contributed by atoms with Crippen LogP contribution in [-0.2, 0) is 16.7 Å². The second-order valence-corrected chi connectivity index (χ2v) is 6.20. The third-order valence-electron chi connectivity index (χ3n) is 3.13. The summed E-state index contributed by atoms with van der Waals surface area (Å²) in [6.45, 7) is 0.164. The second kappa shape index (κ2) is 5.14. The number of nitrogens with zero attached hydrogens (tertiary/aromatic N) is 2. The molecule has 5 nitrogen and oxygen atoms in total. The van der Waals surface area contributed by atoms with E-state index in [-0.39, 0.29) is 6.54 Å². The summed E-state index contributed by atoms with van der Waals surface area (Å²) in [5.41, 5.74) is 1.75. The molecular formula is C14H10ClN2O3S-. The monoisotopic (exact) mass is 321 g/mol. The Morgan fingerprint density at radius 1 is 1.10 bits per heavy atom. The fourth-order valence-electron chi connectivity index (χ4n) is 2.19. The molecule has 0 radical (unpaired) electrons. The molecule has 0 aliphatic rings. The Bertz CT molecular complexity index is 919. The van der Waals surface area contributed by atoms with Gasteiger partial charge in [0.1, 0.15) is 0 Å². The molecule has 0 atom stereocenters. The maximum Gasteiger partial charge on any atom is 0.216 e. The lowest BCUT2D eigenvalue weighted by atomic mass is 10.2. The first-order valence-corrected chi connectivity index (χ1v) is 7.90. The zero-order valence-corrected chi connectivity index (χ0v) is 12.3. The minimum absolute atomic E-state index is 0.164. The summed E-state index contributed by atoms with van der Waals surface area (Å²) < 4.78 is 35.7. The molecule has 0 N–H and O–H groups in total. The lowest BCUT2D eigenvalue weighted by Gasteiger charge is -2.12. The first kappa shape index (κ1) is 14.1. The van der Waals surface area contributed by atoms with E-state index in [1.54, 1.807) is 48.5 Å². The molecule has 0 saturated heterocycles. The summed E-state index contributed by atoms with van der Waals surface area (Å²) in [5, 5.41) is 0.00754. The number of hydrogen-bond acceptors (Lipinski definition) is 4. The van der Waals surface area contributed by atoms with Gasteiger partial charge in [0.15, 0.2) is 10.1 Å². The van der Waals surface area contributed by atoms with Gasteiger partial charge in [-0.15, -0.1) is 0 Å². The van der Waals surface area contributed by atoms with Crippen LogP contribution in [0.15, 0.2) is 53.7 Å². The van der Waals surface area contributed by atoms with Crippen molar-refractivity contribution < 1.29 is 13.0 Å². The van der Waals surface area contributed by atoms with Gasteiger partial charge in [0.2, 0.25) is 5.16 Å². The van der Waals surface area contributed by atoms with Crippen molar-refractivity contribution in [3.05, 3.63) is 59.1 Å². The third-order valence-corrected chi connectivity index (χ3v) is 4.26. The number of fused-ring (bicyclic) bond motifs is 1. The molecule has 3 rings (SSSR count). The van der Waals surface area contributed by atoms with Gasteiger partial charge in [0.05, 0.1) is 17.6 Å². The average molecular weight is 322 g/mol. The number of hydrogen-bond donors (Lipinski definition) is 0. The van der Waals surface area contributed by atoms with E-state index in [0.29, 0.717) is 21.6 Å². The van der Waals surface area contributed by atoms with Gasteiger partial charge < -0.3 is 9.12 Å². The highest BCUT2D eigenvalue weighted by Gasteiger charge is 2.16. The first-order valence-electron chi connectivity index (χ1n) is 6.11. The molecular weight excluding hydrogens is 312 g/mol. The van der Waals surface area contributed by atoms with E-state index in [0.717, 1.165) is 0 Å². The minimum Gasteiger partial charge on any atom is -0.742 e. The molecule has 0 amide bonds. The molecule has 3 aromatic rings. The Kier molecular flexibility index (Phi) is 3.44. The summed E-state index contributed by atoms with van der Waals surface area (Å²) >= 11 is 6.10. The zero-order valence-electron chi connectivity index (χ0n) is 10.7. The Morgan fingerprint density at radius 2 is 1.76 bits per heavy atom. The van der Waals surface area contributed by atoms with Gasteiger partial charge in [0, 0.05) is 5.02 Å². The van der Waals surface area contributed by atoms with Crippen LogP contribution >= 0.6 is 11.6 Å². The predicted octanol–water partition coefficient (Wildman–Crippen LogP) is 2.64. The SMILES string of the molecule is O=S(=O)([O-])c1nc2ccccc2n1Cc1ccccc1Cl. The van der Waals surface area contributed by atoms with Crippen molar-refractivity contribution in [2.75, 3.05) is 0 Å². The van der Waals surface area contributed by atoms with E-state index in [2.05, 4.69) is 4.98 Å². The van der Waals surface area contributed by atoms with Crippen LogP contribution in [-0.4, -0.2) is 22.5 Å². The normalized spacial score (nSPS) is 11.9. The van der Waals surface area contributed by atoms with E-state index in [1.165, 1.54) is 4.57 Å². The summed E-state index contributed by atoms with van der Waals surface area (Å²) in [7, 11) is -4.67. The van der Waals surface area contributed by atoms with Crippen molar-refractivity contribution in [1.82, 2.24) is 9.55 Å². The summed E-state index contributed by atoms with van der Waals surface area (Å²) in [5.74, 6) is 0. The smallest absolute Gasteiger partial charge is 0.216 e. The zero-order chi connectivity index (χ0) is 15.0. The quantitative estimate of drug-likeness (QED) is 0.695. The van der Waals surface area contributed by atoms with Crippen LogP contribution in [0.4, 0.5) is 0 Å². The molecule has 21 heavy (non-hydrogen) atoms. The Labute approximate surface area is 126 Å². The van der Waals surface area contributed by atoms with Crippen LogP contribution in [0, 0.1) is 0 Å². The number of benzene rings is 2. The Hall–Kier alpha value is -1.89. The molecule has 0 aliphatic heterocycles. The van der Waals surface area contributed by atoms with Crippen molar-refractivity contribution in [3.63, 3.8) is 0 Å². The highest BCUT2D eigenvalue weighted by atomic mass is 35.5. The van der Waals surface area contributed by atoms with E-state index < -0.39 is 15.3 Å². The van der Waals surface area contributed by atoms with E-state index in [1.807, 2.05) is 0 Å². The maximum atomic E-state index is 11.4.